The summed E-state index contributed by atoms with van der Waals surface area (Å²) in [5, 5.41) is 8.21. The molecular formula is C28H29N7O2. The Hall–Kier alpha value is -4.27. The molecule has 1 N–H and O–H groups in total. The molecule has 4 aromatic heterocycles. The van der Waals surface area contributed by atoms with Gasteiger partial charge in [-0.3, -0.25) is 28.6 Å². The fourth-order valence-electron chi connectivity index (χ4n) is 5.60. The summed E-state index contributed by atoms with van der Waals surface area (Å²) in [6.45, 7) is 1.56. The molecule has 0 radical (unpaired) electrons. The molecule has 0 unspecified atom stereocenters. The highest BCUT2D eigenvalue weighted by atomic mass is 16.2. The zero-order valence-electron chi connectivity index (χ0n) is 21.2. The number of hydrogen-bond acceptors (Lipinski definition) is 5. The molecule has 0 spiro atoms. The van der Waals surface area contributed by atoms with E-state index in [1.54, 1.807) is 28.6 Å². The van der Waals surface area contributed by atoms with Gasteiger partial charge in [-0.2, -0.15) is 5.10 Å². The van der Waals surface area contributed by atoms with Crippen LogP contribution < -0.4 is 11.0 Å². The SMILES string of the molecule is CC(=O)N[C@H]1CC[C@@H](n2c(=O)n(C)c3cnc4ccc(-c5ccc(-c6cnn(C)c6)nc5)cc4c32)CC1. The first kappa shape index (κ1) is 23.1. The standard InChI is InChI=1S/C28H29N7O2/c1-17(36)32-21-6-8-22(9-7-21)35-27-23-12-18(4-11-25(23)30-15-26(27)34(3)28(35)37)19-5-10-24(29-13-19)20-14-31-33(2)16-20/h4-5,10-16,21-22H,6-9H2,1-3H3,(H,32,36)/t21-,22+. The lowest BCUT2D eigenvalue weighted by atomic mass is 9.90. The molecule has 1 aromatic carbocycles. The number of rotatable bonds is 4. The van der Waals surface area contributed by atoms with Crippen LogP contribution in [0.5, 0.6) is 0 Å². The summed E-state index contributed by atoms with van der Waals surface area (Å²) >= 11 is 0. The Morgan fingerprint density at radius 3 is 2.41 bits per heavy atom. The van der Waals surface area contributed by atoms with Gasteiger partial charge in [0.25, 0.3) is 0 Å². The van der Waals surface area contributed by atoms with Crippen LogP contribution in [0, 0.1) is 0 Å². The van der Waals surface area contributed by atoms with E-state index in [0.29, 0.717) is 0 Å². The molecule has 0 bridgehead atoms. The van der Waals surface area contributed by atoms with Crippen molar-refractivity contribution >= 4 is 27.8 Å². The molecule has 9 nitrogen and oxygen atoms in total. The van der Waals surface area contributed by atoms with Gasteiger partial charge in [0.15, 0.2) is 0 Å². The van der Waals surface area contributed by atoms with Crippen molar-refractivity contribution in [2.75, 3.05) is 0 Å². The molecule has 1 amide bonds. The Bertz CT molecular complexity index is 1690. The smallest absolute Gasteiger partial charge is 0.329 e. The minimum absolute atomic E-state index is 0.00154. The minimum Gasteiger partial charge on any atom is -0.354 e. The summed E-state index contributed by atoms with van der Waals surface area (Å²) in [5.41, 5.74) is 6.42. The first-order chi connectivity index (χ1) is 17.9. The maximum atomic E-state index is 13.4. The lowest BCUT2D eigenvalue weighted by Crippen LogP contribution is -2.38. The first-order valence-corrected chi connectivity index (χ1v) is 12.6. The number of nitrogens with zero attached hydrogens (tertiary/aromatic N) is 6. The molecule has 9 heteroatoms. The molecule has 1 aliphatic rings. The second kappa shape index (κ2) is 8.99. The molecule has 4 heterocycles. The predicted molar refractivity (Wildman–Crippen MR) is 143 cm³/mol. The van der Waals surface area contributed by atoms with Crippen molar-refractivity contribution in [1.82, 2.24) is 34.2 Å². The number of benzene rings is 1. The van der Waals surface area contributed by atoms with Gasteiger partial charge >= 0.3 is 5.69 Å². The number of imidazole rings is 1. The number of hydrogen-bond donors (Lipinski definition) is 1. The van der Waals surface area contributed by atoms with Gasteiger partial charge in [-0.25, -0.2) is 4.79 Å². The zero-order valence-corrected chi connectivity index (χ0v) is 21.2. The van der Waals surface area contributed by atoms with Crippen LogP contribution in [-0.2, 0) is 18.9 Å². The number of carbonyl (C=O) groups is 1. The van der Waals surface area contributed by atoms with E-state index in [1.807, 2.05) is 49.3 Å². The van der Waals surface area contributed by atoms with Crippen LogP contribution in [0.2, 0.25) is 0 Å². The molecule has 0 aliphatic heterocycles. The largest absolute Gasteiger partial charge is 0.354 e. The van der Waals surface area contributed by atoms with E-state index in [9.17, 15) is 9.59 Å². The first-order valence-electron chi connectivity index (χ1n) is 12.6. The maximum Gasteiger partial charge on any atom is 0.329 e. The Balaban J connectivity index is 1.41. The summed E-state index contributed by atoms with van der Waals surface area (Å²) in [6.07, 6.45) is 10.8. The van der Waals surface area contributed by atoms with Crippen LogP contribution in [0.3, 0.4) is 0 Å². The number of pyridine rings is 2. The number of aromatic nitrogens is 6. The molecule has 37 heavy (non-hydrogen) atoms. The Morgan fingerprint density at radius 2 is 1.73 bits per heavy atom. The number of amides is 1. The average molecular weight is 496 g/mol. The van der Waals surface area contributed by atoms with E-state index in [-0.39, 0.29) is 23.7 Å². The molecular weight excluding hydrogens is 466 g/mol. The van der Waals surface area contributed by atoms with E-state index in [1.165, 1.54) is 0 Å². The Labute approximate surface area is 213 Å². The minimum atomic E-state index is -0.0276. The van der Waals surface area contributed by atoms with Crippen molar-refractivity contribution < 1.29 is 4.79 Å². The normalized spacial score (nSPS) is 17.9. The molecule has 1 fully saturated rings. The molecule has 1 saturated carbocycles. The Morgan fingerprint density at radius 1 is 0.946 bits per heavy atom. The number of nitrogens with one attached hydrogen (secondary N) is 1. The van der Waals surface area contributed by atoms with Crippen LogP contribution in [0.15, 0.2) is 59.9 Å². The van der Waals surface area contributed by atoms with Crippen molar-refractivity contribution in [3.63, 3.8) is 0 Å². The number of carbonyl (C=O) groups excluding carboxylic acids is 1. The fourth-order valence-corrected chi connectivity index (χ4v) is 5.60. The van der Waals surface area contributed by atoms with E-state index in [2.05, 4.69) is 32.5 Å². The van der Waals surface area contributed by atoms with Gasteiger partial charge in [-0.15, -0.1) is 0 Å². The lowest BCUT2D eigenvalue weighted by molar-refractivity contribution is -0.119. The molecule has 0 atom stereocenters. The third-order valence-corrected chi connectivity index (χ3v) is 7.48. The van der Waals surface area contributed by atoms with Crippen molar-refractivity contribution in [3.05, 3.63) is 65.6 Å². The molecule has 6 rings (SSSR count). The van der Waals surface area contributed by atoms with Gasteiger partial charge in [-0.05, 0) is 49.4 Å². The average Bonchev–Trinajstić information content (AvgIpc) is 3.45. The lowest BCUT2D eigenvalue weighted by Gasteiger charge is -2.29. The van der Waals surface area contributed by atoms with Crippen molar-refractivity contribution in [2.24, 2.45) is 14.1 Å². The van der Waals surface area contributed by atoms with Crippen LogP contribution in [0.25, 0.3) is 44.3 Å². The quantitative estimate of drug-likeness (QED) is 0.407. The van der Waals surface area contributed by atoms with Gasteiger partial charge in [0, 0.05) is 62.0 Å². The highest BCUT2D eigenvalue weighted by molar-refractivity contribution is 6.04. The predicted octanol–water partition coefficient (Wildman–Crippen LogP) is 3.97. The zero-order chi connectivity index (χ0) is 25.7. The van der Waals surface area contributed by atoms with E-state index >= 15 is 0 Å². The van der Waals surface area contributed by atoms with E-state index in [4.69, 9.17) is 0 Å². The van der Waals surface area contributed by atoms with E-state index in [0.717, 1.165) is 70.0 Å². The molecule has 188 valence electrons. The maximum absolute atomic E-state index is 13.4. The summed E-state index contributed by atoms with van der Waals surface area (Å²) in [5.74, 6) is -0.00154. The molecule has 1 aliphatic carbocycles. The van der Waals surface area contributed by atoms with E-state index < -0.39 is 0 Å². The monoisotopic (exact) mass is 495 g/mol. The van der Waals surface area contributed by atoms with Gasteiger partial charge in [0.1, 0.15) is 0 Å². The number of aryl methyl sites for hydroxylation is 2. The topological polar surface area (TPSA) is 99.6 Å². The second-order valence-electron chi connectivity index (χ2n) is 9.98. The second-order valence-corrected chi connectivity index (χ2v) is 9.98. The van der Waals surface area contributed by atoms with Crippen molar-refractivity contribution in [3.8, 4) is 22.4 Å². The molecule has 5 aromatic rings. The fraction of sp³-hybridized carbons (Fsp3) is 0.321. The van der Waals surface area contributed by atoms with Crippen molar-refractivity contribution in [2.45, 2.75) is 44.7 Å². The van der Waals surface area contributed by atoms with Gasteiger partial charge in [0.2, 0.25) is 5.91 Å². The van der Waals surface area contributed by atoms with Crippen LogP contribution in [0.1, 0.15) is 38.6 Å². The third-order valence-electron chi connectivity index (χ3n) is 7.48. The van der Waals surface area contributed by atoms with Crippen LogP contribution in [-0.4, -0.2) is 40.8 Å². The highest BCUT2D eigenvalue weighted by Gasteiger charge is 2.27. The summed E-state index contributed by atoms with van der Waals surface area (Å²) < 4.78 is 5.41. The summed E-state index contributed by atoms with van der Waals surface area (Å²) in [4.78, 5) is 34.2. The third kappa shape index (κ3) is 4.10. The van der Waals surface area contributed by atoms with Crippen molar-refractivity contribution in [1.29, 1.82) is 0 Å². The molecule has 0 saturated heterocycles. The van der Waals surface area contributed by atoms with Crippen LogP contribution in [0.4, 0.5) is 0 Å². The van der Waals surface area contributed by atoms with Gasteiger partial charge in [-0.1, -0.05) is 12.1 Å². The highest BCUT2D eigenvalue weighted by Crippen LogP contribution is 2.34. The van der Waals surface area contributed by atoms with Crippen LogP contribution >= 0.6 is 0 Å². The number of fused-ring (bicyclic) bond motifs is 3. The Kier molecular flexibility index (Phi) is 5.62. The summed E-state index contributed by atoms with van der Waals surface area (Å²) in [6, 6.07) is 10.5. The van der Waals surface area contributed by atoms with Gasteiger partial charge < -0.3 is 5.32 Å². The van der Waals surface area contributed by atoms with Gasteiger partial charge in [0.05, 0.1) is 34.6 Å². The summed E-state index contributed by atoms with van der Waals surface area (Å²) in [7, 11) is 3.70.